The quantitative estimate of drug-likeness (QED) is 0.773. The van der Waals surface area contributed by atoms with E-state index in [1.54, 1.807) is 25.3 Å². The van der Waals surface area contributed by atoms with Crippen LogP contribution < -0.4 is 14.8 Å². The van der Waals surface area contributed by atoms with Gasteiger partial charge in [0.25, 0.3) is 11.8 Å². The minimum atomic E-state index is -0.411. The van der Waals surface area contributed by atoms with Crippen molar-refractivity contribution in [2.24, 2.45) is 0 Å². The van der Waals surface area contributed by atoms with E-state index in [0.29, 0.717) is 23.0 Å². The number of ether oxygens (including phenoxy) is 2. The molecule has 0 spiro atoms. The first-order chi connectivity index (χ1) is 11.2. The number of hydrogen-bond donors (Lipinski definition) is 1. The SMILES string of the molecule is COc1ccc(C(=O)Nc2nnc(-c3cccs3)o2)c(OC)c1. The third kappa shape index (κ3) is 3.16. The molecule has 0 saturated heterocycles. The first-order valence-electron chi connectivity index (χ1n) is 6.62. The highest BCUT2D eigenvalue weighted by atomic mass is 32.1. The second-order valence-corrected chi connectivity index (χ2v) is 5.36. The lowest BCUT2D eigenvalue weighted by Crippen LogP contribution is -2.13. The fourth-order valence-electron chi connectivity index (χ4n) is 1.92. The Morgan fingerprint density at radius 1 is 1.22 bits per heavy atom. The Hall–Kier alpha value is -2.87. The number of anilines is 1. The molecule has 2 aromatic heterocycles. The Morgan fingerprint density at radius 2 is 2.09 bits per heavy atom. The highest BCUT2D eigenvalue weighted by molar-refractivity contribution is 7.13. The molecule has 0 fully saturated rings. The number of nitrogens with one attached hydrogen (secondary N) is 1. The number of rotatable bonds is 5. The summed E-state index contributed by atoms with van der Waals surface area (Å²) in [5.41, 5.74) is 0.337. The Bertz CT molecular complexity index is 814. The van der Waals surface area contributed by atoms with Crippen LogP contribution in [0.5, 0.6) is 11.5 Å². The molecule has 3 aromatic rings. The molecule has 23 heavy (non-hydrogen) atoms. The monoisotopic (exact) mass is 331 g/mol. The molecule has 0 aliphatic heterocycles. The predicted octanol–water partition coefficient (Wildman–Crippen LogP) is 3.07. The lowest BCUT2D eigenvalue weighted by molar-refractivity contribution is 0.102. The van der Waals surface area contributed by atoms with E-state index < -0.39 is 5.91 Å². The van der Waals surface area contributed by atoms with Crippen molar-refractivity contribution < 1.29 is 18.7 Å². The van der Waals surface area contributed by atoms with Crippen molar-refractivity contribution in [1.82, 2.24) is 10.2 Å². The Kier molecular flexibility index (Phi) is 4.24. The van der Waals surface area contributed by atoms with Crippen LogP contribution in [0.2, 0.25) is 0 Å². The van der Waals surface area contributed by atoms with Crippen LogP contribution in [0, 0.1) is 0 Å². The summed E-state index contributed by atoms with van der Waals surface area (Å²) >= 11 is 1.47. The number of aromatic nitrogens is 2. The van der Waals surface area contributed by atoms with Crippen LogP contribution in [-0.2, 0) is 0 Å². The van der Waals surface area contributed by atoms with Crippen molar-refractivity contribution >= 4 is 23.3 Å². The Labute approximate surface area is 135 Å². The smallest absolute Gasteiger partial charge is 0.322 e. The number of nitrogens with zero attached hydrogens (tertiary/aromatic N) is 2. The molecule has 0 atom stereocenters. The van der Waals surface area contributed by atoms with E-state index >= 15 is 0 Å². The second-order valence-electron chi connectivity index (χ2n) is 4.41. The van der Waals surface area contributed by atoms with Crippen LogP contribution in [0.15, 0.2) is 40.1 Å². The van der Waals surface area contributed by atoms with Crippen molar-refractivity contribution in [3.05, 3.63) is 41.3 Å². The van der Waals surface area contributed by atoms with Gasteiger partial charge in [0, 0.05) is 6.07 Å². The molecule has 0 saturated carbocycles. The Morgan fingerprint density at radius 3 is 2.78 bits per heavy atom. The van der Waals surface area contributed by atoms with Gasteiger partial charge in [-0.3, -0.25) is 10.1 Å². The molecule has 0 aliphatic rings. The van der Waals surface area contributed by atoms with E-state index in [-0.39, 0.29) is 6.01 Å². The van der Waals surface area contributed by atoms with Crippen LogP contribution in [0.4, 0.5) is 6.01 Å². The van der Waals surface area contributed by atoms with Gasteiger partial charge < -0.3 is 13.9 Å². The molecule has 1 amide bonds. The molecule has 1 N–H and O–H groups in total. The highest BCUT2D eigenvalue weighted by Crippen LogP contribution is 2.27. The molecule has 118 valence electrons. The highest BCUT2D eigenvalue weighted by Gasteiger charge is 2.17. The lowest BCUT2D eigenvalue weighted by atomic mass is 10.2. The van der Waals surface area contributed by atoms with Crippen molar-refractivity contribution in [2.45, 2.75) is 0 Å². The maximum atomic E-state index is 12.3. The van der Waals surface area contributed by atoms with Gasteiger partial charge in [-0.1, -0.05) is 11.2 Å². The normalized spacial score (nSPS) is 10.3. The Balaban J connectivity index is 1.79. The molecule has 0 unspecified atom stereocenters. The summed E-state index contributed by atoms with van der Waals surface area (Å²) in [6.45, 7) is 0. The van der Waals surface area contributed by atoms with Gasteiger partial charge in [0.2, 0.25) is 0 Å². The maximum absolute atomic E-state index is 12.3. The van der Waals surface area contributed by atoms with Crippen molar-refractivity contribution in [3.8, 4) is 22.3 Å². The van der Waals surface area contributed by atoms with Crippen molar-refractivity contribution in [1.29, 1.82) is 0 Å². The van der Waals surface area contributed by atoms with Gasteiger partial charge in [-0.25, -0.2) is 0 Å². The number of benzene rings is 1. The first-order valence-corrected chi connectivity index (χ1v) is 7.50. The van der Waals surface area contributed by atoms with Crippen LogP contribution in [-0.4, -0.2) is 30.3 Å². The topological polar surface area (TPSA) is 86.5 Å². The summed E-state index contributed by atoms with van der Waals surface area (Å²) < 4.78 is 15.7. The van der Waals surface area contributed by atoms with Gasteiger partial charge in [-0.2, -0.15) is 0 Å². The summed E-state index contributed by atoms with van der Waals surface area (Å²) in [6.07, 6.45) is 0. The van der Waals surface area contributed by atoms with Crippen molar-refractivity contribution in [3.63, 3.8) is 0 Å². The van der Waals surface area contributed by atoms with Gasteiger partial charge in [0.1, 0.15) is 11.5 Å². The van der Waals surface area contributed by atoms with E-state index in [1.807, 2.05) is 17.5 Å². The lowest BCUT2D eigenvalue weighted by Gasteiger charge is -2.09. The summed E-state index contributed by atoms with van der Waals surface area (Å²) in [5, 5.41) is 12.2. The molecule has 1 aromatic carbocycles. The summed E-state index contributed by atoms with van der Waals surface area (Å²) in [4.78, 5) is 13.2. The third-order valence-corrected chi connectivity index (χ3v) is 3.89. The van der Waals surface area contributed by atoms with Gasteiger partial charge >= 0.3 is 6.01 Å². The van der Waals surface area contributed by atoms with Crippen LogP contribution in [0.25, 0.3) is 10.8 Å². The summed E-state index contributed by atoms with van der Waals surface area (Å²) in [7, 11) is 3.02. The molecular weight excluding hydrogens is 318 g/mol. The largest absolute Gasteiger partial charge is 0.497 e. The number of thiophene rings is 1. The number of methoxy groups -OCH3 is 2. The van der Waals surface area contributed by atoms with E-state index in [9.17, 15) is 4.79 Å². The van der Waals surface area contributed by atoms with E-state index in [2.05, 4.69) is 15.5 Å². The zero-order valence-corrected chi connectivity index (χ0v) is 13.2. The molecule has 2 heterocycles. The number of carbonyl (C=O) groups excluding carboxylic acids is 1. The van der Waals surface area contributed by atoms with Gasteiger partial charge in [-0.05, 0) is 23.6 Å². The second kappa shape index (κ2) is 6.49. The fourth-order valence-corrected chi connectivity index (χ4v) is 2.57. The molecular formula is C15H13N3O4S. The summed E-state index contributed by atoms with van der Waals surface area (Å²) in [6, 6.07) is 8.66. The number of carbonyl (C=O) groups is 1. The molecule has 0 radical (unpaired) electrons. The van der Waals surface area contributed by atoms with Crippen LogP contribution in [0.1, 0.15) is 10.4 Å². The number of amides is 1. The molecule has 7 nitrogen and oxygen atoms in total. The molecule has 0 aliphatic carbocycles. The number of hydrogen-bond acceptors (Lipinski definition) is 7. The van der Waals surface area contributed by atoms with E-state index in [4.69, 9.17) is 13.9 Å². The molecule has 0 bridgehead atoms. The van der Waals surface area contributed by atoms with E-state index in [1.165, 1.54) is 18.4 Å². The predicted molar refractivity (Wildman–Crippen MR) is 85.1 cm³/mol. The molecule has 8 heteroatoms. The third-order valence-electron chi connectivity index (χ3n) is 3.03. The average Bonchev–Trinajstić information content (AvgIpc) is 3.25. The summed E-state index contributed by atoms with van der Waals surface area (Å²) in [5.74, 6) is 0.930. The van der Waals surface area contributed by atoms with Crippen LogP contribution >= 0.6 is 11.3 Å². The van der Waals surface area contributed by atoms with Gasteiger partial charge in [0.15, 0.2) is 0 Å². The standard InChI is InChI=1S/C15H13N3O4S/c1-20-9-5-6-10(11(8-9)21-2)13(19)16-15-18-17-14(22-15)12-4-3-7-23-12/h3-8H,1-2H3,(H,16,18,19). The molecule has 3 rings (SSSR count). The zero-order valence-electron chi connectivity index (χ0n) is 12.4. The fraction of sp³-hybridized carbons (Fsp3) is 0.133. The minimum absolute atomic E-state index is 0.0243. The minimum Gasteiger partial charge on any atom is -0.497 e. The zero-order chi connectivity index (χ0) is 16.2. The van der Waals surface area contributed by atoms with Crippen molar-refractivity contribution in [2.75, 3.05) is 19.5 Å². The van der Waals surface area contributed by atoms with E-state index in [0.717, 1.165) is 4.88 Å². The maximum Gasteiger partial charge on any atom is 0.322 e. The average molecular weight is 331 g/mol. The van der Waals surface area contributed by atoms with Gasteiger partial charge in [0.05, 0.1) is 24.7 Å². The first kappa shape index (κ1) is 15.0. The van der Waals surface area contributed by atoms with Crippen LogP contribution in [0.3, 0.4) is 0 Å². The van der Waals surface area contributed by atoms with Gasteiger partial charge in [-0.15, -0.1) is 16.4 Å².